The first-order chi connectivity index (χ1) is 11.3. The summed E-state index contributed by atoms with van der Waals surface area (Å²) in [5, 5.41) is 14.2. The molecule has 0 aliphatic heterocycles. The van der Waals surface area contributed by atoms with Gasteiger partial charge < -0.3 is 10.1 Å². The Balaban J connectivity index is 2.13. The van der Waals surface area contributed by atoms with Gasteiger partial charge in [0, 0.05) is 11.1 Å². The number of nitro groups is 1. The number of hydrogen-bond donors (Lipinski definition) is 1. The number of amides is 1. The molecule has 0 radical (unpaired) electrons. The fraction of sp³-hybridized carbons (Fsp3) is 0.235. The summed E-state index contributed by atoms with van der Waals surface area (Å²) in [6, 6.07) is 9.68. The molecule has 2 aromatic carbocycles. The van der Waals surface area contributed by atoms with E-state index in [1.165, 1.54) is 12.1 Å². The molecule has 1 N–H and O–H groups in total. The molecule has 0 fully saturated rings. The summed E-state index contributed by atoms with van der Waals surface area (Å²) in [5.41, 5.74) is 1.52. The molecular weight excluding hydrogens is 332 g/mol. The number of benzene rings is 2. The van der Waals surface area contributed by atoms with E-state index in [1.54, 1.807) is 38.1 Å². The number of nitrogens with one attached hydrogen (secondary N) is 1. The highest BCUT2D eigenvalue weighted by molar-refractivity contribution is 6.30. The molecular formula is C17H17ClN2O4. The fourth-order valence-electron chi connectivity index (χ4n) is 2.12. The van der Waals surface area contributed by atoms with Crippen molar-refractivity contribution in [3.05, 3.63) is 62.7 Å². The minimum atomic E-state index is -0.828. The summed E-state index contributed by atoms with van der Waals surface area (Å²) in [6.07, 6.45) is -0.828. The topological polar surface area (TPSA) is 81.5 Å². The van der Waals surface area contributed by atoms with Gasteiger partial charge in [-0.2, -0.15) is 0 Å². The summed E-state index contributed by atoms with van der Waals surface area (Å²) in [5.74, 6) is 0.0526. The van der Waals surface area contributed by atoms with Crippen LogP contribution >= 0.6 is 11.6 Å². The Morgan fingerprint density at radius 2 is 1.96 bits per heavy atom. The summed E-state index contributed by atoms with van der Waals surface area (Å²) in [7, 11) is 0. The van der Waals surface area contributed by atoms with Crippen molar-refractivity contribution >= 4 is 28.9 Å². The first-order valence-electron chi connectivity index (χ1n) is 7.26. The third-order valence-electron chi connectivity index (χ3n) is 3.42. The molecule has 1 unspecified atom stereocenters. The number of carbonyl (C=O) groups is 1. The maximum atomic E-state index is 12.3. The lowest BCUT2D eigenvalue weighted by molar-refractivity contribution is -0.384. The molecule has 0 bridgehead atoms. The zero-order valence-corrected chi connectivity index (χ0v) is 14.3. The number of ether oxygens (including phenoxy) is 1. The summed E-state index contributed by atoms with van der Waals surface area (Å²) >= 11 is 5.88. The van der Waals surface area contributed by atoms with Crippen LogP contribution in [0.5, 0.6) is 5.75 Å². The molecule has 126 valence electrons. The Morgan fingerprint density at radius 3 is 2.58 bits per heavy atom. The van der Waals surface area contributed by atoms with Gasteiger partial charge in [0.15, 0.2) is 6.10 Å². The summed E-state index contributed by atoms with van der Waals surface area (Å²) < 4.78 is 5.62. The summed E-state index contributed by atoms with van der Waals surface area (Å²) in [6.45, 7) is 5.13. The van der Waals surface area contributed by atoms with Crippen LogP contribution in [0.3, 0.4) is 0 Å². The van der Waals surface area contributed by atoms with Gasteiger partial charge in [-0.15, -0.1) is 0 Å². The van der Waals surface area contributed by atoms with Crippen LogP contribution in [-0.4, -0.2) is 16.9 Å². The molecule has 0 saturated carbocycles. The minimum Gasteiger partial charge on any atom is -0.481 e. The molecule has 0 heterocycles. The number of anilines is 1. The van der Waals surface area contributed by atoms with E-state index in [9.17, 15) is 14.9 Å². The van der Waals surface area contributed by atoms with Gasteiger partial charge in [0.2, 0.25) is 0 Å². The number of hydrogen-bond acceptors (Lipinski definition) is 4. The highest BCUT2D eigenvalue weighted by Crippen LogP contribution is 2.26. The number of nitro benzene ring substituents is 1. The Kier molecular flexibility index (Phi) is 5.41. The van der Waals surface area contributed by atoms with Crippen LogP contribution < -0.4 is 10.1 Å². The second-order valence-corrected chi connectivity index (χ2v) is 5.87. The Bertz CT molecular complexity index is 792. The van der Waals surface area contributed by atoms with Crippen LogP contribution in [0, 0.1) is 24.0 Å². The second-order valence-electron chi connectivity index (χ2n) is 5.44. The van der Waals surface area contributed by atoms with Crippen LogP contribution in [0.15, 0.2) is 36.4 Å². The van der Waals surface area contributed by atoms with Gasteiger partial charge in [0.1, 0.15) is 11.4 Å². The number of carbonyl (C=O) groups excluding carboxylic acids is 1. The number of aryl methyl sites for hydroxylation is 2. The van der Waals surface area contributed by atoms with E-state index < -0.39 is 16.9 Å². The maximum Gasteiger partial charge on any atom is 0.293 e. The monoisotopic (exact) mass is 348 g/mol. The van der Waals surface area contributed by atoms with Gasteiger partial charge in [-0.25, -0.2) is 0 Å². The highest BCUT2D eigenvalue weighted by Gasteiger charge is 2.21. The van der Waals surface area contributed by atoms with E-state index in [2.05, 4.69) is 5.32 Å². The molecule has 0 saturated heterocycles. The molecule has 0 aliphatic rings. The van der Waals surface area contributed by atoms with E-state index in [4.69, 9.17) is 16.3 Å². The van der Waals surface area contributed by atoms with Crippen LogP contribution in [0.4, 0.5) is 11.4 Å². The first-order valence-corrected chi connectivity index (χ1v) is 7.64. The highest BCUT2D eigenvalue weighted by atomic mass is 35.5. The van der Waals surface area contributed by atoms with Gasteiger partial charge in [-0.3, -0.25) is 14.9 Å². The molecule has 2 rings (SSSR count). The summed E-state index contributed by atoms with van der Waals surface area (Å²) in [4.78, 5) is 22.8. The first kappa shape index (κ1) is 17.7. The molecule has 0 spiro atoms. The third-order valence-corrected chi connectivity index (χ3v) is 3.65. The standard InChI is InChI=1S/C17H17ClN2O4/c1-10-4-6-14(15(8-10)20(22)23)19-17(21)12(3)24-16-7-5-13(18)9-11(16)2/h4-9,12H,1-3H3,(H,19,21). The molecule has 1 amide bonds. The Labute approximate surface area is 144 Å². The fourth-order valence-corrected chi connectivity index (χ4v) is 2.35. The van der Waals surface area contributed by atoms with Crippen molar-refractivity contribution < 1.29 is 14.5 Å². The third kappa shape index (κ3) is 4.23. The average molecular weight is 349 g/mol. The van der Waals surface area contributed by atoms with Gasteiger partial charge in [-0.05, 0) is 56.2 Å². The molecule has 6 nitrogen and oxygen atoms in total. The van der Waals surface area contributed by atoms with Crippen LogP contribution in [0.25, 0.3) is 0 Å². The maximum absolute atomic E-state index is 12.3. The van der Waals surface area contributed by atoms with Crippen molar-refractivity contribution in [2.75, 3.05) is 5.32 Å². The molecule has 1 atom stereocenters. The van der Waals surface area contributed by atoms with Gasteiger partial charge in [0.05, 0.1) is 4.92 Å². The quantitative estimate of drug-likeness (QED) is 0.646. The zero-order valence-electron chi connectivity index (χ0n) is 13.5. The second kappa shape index (κ2) is 7.31. The van der Waals surface area contributed by atoms with E-state index in [-0.39, 0.29) is 11.4 Å². The van der Waals surface area contributed by atoms with Gasteiger partial charge >= 0.3 is 0 Å². The number of nitrogens with zero attached hydrogens (tertiary/aromatic N) is 1. The largest absolute Gasteiger partial charge is 0.481 e. The SMILES string of the molecule is Cc1ccc(NC(=O)C(C)Oc2ccc(Cl)cc2C)c([N+](=O)[O-])c1. The number of rotatable bonds is 5. The molecule has 0 aromatic heterocycles. The van der Waals surface area contributed by atoms with Gasteiger partial charge in [0.25, 0.3) is 11.6 Å². The van der Waals surface area contributed by atoms with E-state index in [0.717, 1.165) is 11.1 Å². The smallest absolute Gasteiger partial charge is 0.293 e. The molecule has 0 aliphatic carbocycles. The van der Waals surface area contributed by atoms with Gasteiger partial charge in [-0.1, -0.05) is 17.7 Å². The van der Waals surface area contributed by atoms with Crippen molar-refractivity contribution in [1.82, 2.24) is 0 Å². The van der Waals surface area contributed by atoms with E-state index >= 15 is 0 Å². The predicted molar refractivity (Wildman–Crippen MR) is 92.7 cm³/mol. The average Bonchev–Trinajstić information content (AvgIpc) is 2.51. The van der Waals surface area contributed by atoms with Crippen LogP contribution in [-0.2, 0) is 4.79 Å². The normalized spacial score (nSPS) is 11.7. The van der Waals surface area contributed by atoms with Crippen molar-refractivity contribution in [3.63, 3.8) is 0 Å². The lowest BCUT2D eigenvalue weighted by Gasteiger charge is -2.16. The molecule has 2 aromatic rings. The number of halogens is 1. The van der Waals surface area contributed by atoms with Crippen molar-refractivity contribution in [2.24, 2.45) is 0 Å². The van der Waals surface area contributed by atoms with Crippen molar-refractivity contribution in [3.8, 4) is 5.75 Å². The lowest BCUT2D eigenvalue weighted by atomic mass is 10.2. The minimum absolute atomic E-state index is 0.138. The predicted octanol–water partition coefficient (Wildman–Crippen LogP) is 4.27. The van der Waals surface area contributed by atoms with E-state index in [1.807, 2.05) is 6.92 Å². The van der Waals surface area contributed by atoms with E-state index in [0.29, 0.717) is 10.8 Å². The van der Waals surface area contributed by atoms with Crippen LogP contribution in [0.1, 0.15) is 18.1 Å². The molecule has 7 heteroatoms. The Morgan fingerprint density at radius 1 is 1.25 bits per heavy atom. The Hall–Kier alpha value is -2.60. The van der Waals surface area contributed by atoms with Crippen molar-refractivity contribution in [1.29, 1.82) is 0 Å². The zero-order chi connectivity index (χ0) is 17.9. The molecule has 24 heavy (non-hydrogen) atoms. The van der Waals surface area contributed by atoms with Crippen molar-refractivity contribution in [2.45, 2.75) is 26.9 Å². The van der Waals surface area contributed by atoms with Crippen LogP contribution in [0.2, 0.25) is 5.02 Å². The lowest BCUT2D eigenvalue weighted by Crippen LogP contribution is -2.30.